The maximum atomic E-state index is 12.0. The first-order chi connectivity index (χ1) is 7.43. The monoisotopic (exact) mass is 231 g/mol. The first-order valence-electron chi connectivity index (χ1n) is 4.16. The van der Waals surface area contributed by atoms with E-state index >= 15 is 0 Å². The van der Waals surface area contributed by atoms with Crippen LogP contribution in [0.4, 0.5) is 14.5 Å². The highest BCUT2D eigenvalue weighted by molar-refractivity contribution is 5.99. The summed E-state index contributed by atoms with van der Waals surface area (Å²) < 4.78 is 27.9. The number of hydrogen-bond acceptors (Lipinski definition) is 4. The van der Waals surface area contributed by atoms with Crippen molar-refractivity contribution in [1.82, 2.24) is 0 Å². The third-order valence-corrected chi connectivity index (χ3v) is 1.78. The van der Waals surface area contributed by atoms with E-state index in [0.29, 0.717) is 0 Å². The van der Waals surface area contributed by atoms with E-state index in [2.05, 4.69) is 4.74 Å². The fourth-order valence-corrected chi connectivity index (χ4v) is 1.19. The van der Waals surface area contributed by atoms with Crippen molar-refractivity contribution in [2.75, 3.05) is 0 Å². The fraction of sp³-hybridized carbons (Fsp3) is 0.222. The molecule has 5 nitrogen and oxygen atoms in total. The Morgan fingerprint density at radius 1 is 1.50 bits per heavy atom. The normalized spacial score (nSPS) is 10.2. The minimum absolute atomic E-state index is 0.261. The minimum atomic E-state index is -3.18. The Bertz CT molecular complexity index is 434. The van der Waals surface area contributed by atoms with E-state index < -0.39 is 28.8 Å². The van der Waals surface area contributed by atoms with Crippen LogP contribution in [-0.2, 0) is 0 Å². The molecule has 0 heterocycles. The third kappa shape index (κ3) is 2.50. The summed E-state index contributed by atoms with van der Waals surface area (Å²) >= 11 is 0. The summed E-state index contributed by atoms with van der Waals surface area (Å²) in [6, 6.07) is 3.43. The van der Waals surface area contributed by atoms with Crippen molar-refractivity contribution in [3.63, 3.8) is 0 Å². The molecule has 0 spiro atoms. The van der Waals surface area contributed by atoms with Gasteiger partial charge < -0.3 is 4.74 Å². The largest absolute Gasteiger partial charge is 0.427 e. The summed E-state index contributed by atoms with van der Waals surface area (Å²) in [6.45, 7) is -2.07. The van der Waals surface area contributed by atoms with E-state index in [9.17, 15) is 23.7 Å². The average Bonchev–Trinajstić information content (AvgIpc) is 2.15. The molecule has 0 atom stereocenters. The number of alkyl halides is 2. The molecule has 0 aliphatic rings. The first-order valence-corrected chi connectivity index (χ1v) is 4.16. The number of Topliss-reactive ketones (excluding diaryl/α,β-unsaturated/α-hetero) is 1. The highest BCUT2D eigenvalue weighted by Gasteiger charge is 2.25. The zero-order chi connectivity index (χ0) is 12.3. The molecule has 0 N–H and O–H groups in total. The van der Waals surface area contributed by atoms with Crippen LogP contribution in [0, 0.1) is 10.1 Å². The Kier molecular flexibility index (Phi) is 3.49. The number of benzene rings is 1. The molecule has 0 unspecified atom stereocenters. The van der Waals surface area contributed by atoms with Crippen molar-refractivity contribution in [2.24, 2.45) is 0 Å². The van der Waals surface area contributed by atoms with Crippen molar-refractivity contribution < 1.29 is 23.2 Å². The van der Waals surface area contributed by atoms with Crippen LogP contribution >= 0.6 is 0 Å². The molecule has 0 aromatic heterocycles. The molecule has 0 amide bonds. The quantitative estimate of drug-likeness (QED) is 0.453. The van der Waals surface area contributed by atoms with Crippen molar-refractivity contribution in [2.45, 2.75) is 13.5 Å². The summed E-state index contributed by atoms with van der Waals surface area (Å²) in [4.78, 5) is 20.8. The van der Waals surface area contributed by atoms with Crippen LogP contribution in [0.3, 0.4) is 0 Å². The molecule has 0 bridgehead atoms. The number of carbonyl (C=O) groups is 1. The Hall–Kier alpha value is -2.05. The number of hydrogen-bond donors (Lipinski definition) is 0. The summed E-state index contributed by atoms with van der Waals surface area (Å²) in [7, 11) is 0. The second-order valence-electron chi connectivity index (χ2n) is 2.84. The number of ether oxygens (including phenoxy) is 1. The van der Waals surface area contributed by atoms with Gasteiger partial charge in [0.1, 0.15) is 0 Å². The SMILES string of the molecule is CC(=O)c1cccc(OC(F)F)c1[N+](=O)[O-]. The van der Waals surface area contributed by atoms with E-state index in [4.69, 9.17) is 0 Å². The number of ketones is 1. The minimum Gasteiger partial charge on any atom is -0.427 e. The van der Waals surface area contributed by atoms with Crippen molar-refractivity contribution >= 4 is 11.5 Å². The maximum absolute atomic E-state index is 12.0. The molecule has 86 valence electrons. The zero-order valence-electron chi connectivity index (χ0n) is 8.15. The predicted molar refractivity (Wildman–Crippen MR) is 49.7 cm³/mol. The van der Waals surface area contributed by atoms with Gasteiger partial charge in [-0.25, -0.2) is 0 Å². The highest BCUT2D eigenvalue weighted by atomic mass is 19.3. The standard InChI is InChI=1S/C9H7F2NO4/c1-5(13)6-3-2-4-7(16-9(10)11)8(6)12(14)15/h2-4,9H,1H3. The van der Waals surface area contributed by atoms with Gasteiger partial charge in [0.05, 0.1) is 10.5 Å². The molecule has 0 saturated carbocycles. The number of nitrogens with zero attached hydrogens (tertiary/aromatic N) is 1. The van der Waals surface area contributed by atoms with E-state index in [1.807, 2.05) is 0 Å². The summed E-state index contributed by atoms with van der Waals surface area (Å²) in [5.41, 5.74) is -1.00. The molecule has 0 aliphatic carbocycles. The molecule has 1 aromatic carbocycles. The number of rotatable bonds is 4. The highest BCUT2D eigenvalue weighted by Crippen LogP contribution is 2.32. The molecular weight excluding hydrogens is 224 g/mol. The Morgan fingerprint density at radius 3 is 2.56 bits per heavy atom. The van der Waals surface area contributed by atoms with Crippen molar-refractivity contribution in [3.05, 3.63) is 33.9 Å². The predicted octanol–water partition coefficient (Wildman–Crippen LogP) is 2.40. The summed E-state index contributed by atoms with van der Waals surface area (Å²) in [5, 5.41) is 10.7. The Balaban J connectivity index is 3.32. The molecular formula is C9H7F2NO4. The Labute approximate surface area is 88.8 Å². The van der Waals surface area contributed by atoms with Crippen LogP contribution in [0.1, 0.15) is 17.3 Å². The van der Waals surface area contributed by atoms with Gasteiger partial charge in [0.25, 0.3) is 0 Å². The van der Waals surface area contributed by atoms with Crippen LogP contribution in [0.15, 0.2) is 18.2 Å². The van der Waals surface area contributed by atoms with Crippen LogP contribution in [-0.4, -0.2) is 17.3 Å². The molecule has 0 radical (unpaired) electrons. The van der Waals surface area contributed by atoms with E-state index in [1.165, 1.54) is 12.1 Å². The number of carbonyl (C=O) groups excluding carboxylic acids is 1. The summed E-state index contributed by atoms with van der Waals surface area (Å²) in [6.07, 6.45) is 0. The topological polar surface area (TPSA) is 69.4 Å². The molecule has 0 aliphatic heterocycles. The van der Waals surface area contributed by atoms with E-state index in [0.717, 1.165) is 13.0 Å². The van der Waals surface area contributed by atoms with Crippen LogP contribution in [0.2, 0.25) is 0 Å². The van der Waals surface area contributed by atoms with Gasteiger partial charge in [0, 0.05) is 0 Å². The Morgan fingerprint density at radius 2 is 2.12 bits per heavy atom. The van der Waals surface area contributed by atoms with E-state index in [-0.39, 0.29) is 5.56 Å². The van der Waals surface area contributed by atoms with Crippen molar-refractivity contribution in [3.8, 4) is 5.75 Å². The lowest BCUT2D eigenvalue weighted by Crippen LogP contribution is -2.07. The van der Waals surface area contributed by atoms with Gasteiger partial charge >= 0.3 is 12.3 Å². The molecule has 1 aromatic rings. The third-order valence-electron chi connectivity index (χ3n) is 1.78. The zero-order valence-corrected chi connectivity index (χ0v) is 8.15. The van der Waals surface area contributed by atoms with Gasteiger partial charge in [-0.15, -0.1) is 0 Å². The van der Waals surface area contributed by atoms with Gasteiger partial charge in [-0.2, -0.15) is 8.78 Å². The molecule has 0 fully saturated rings. The van der Waals surface area contributed by atoms with Gasteiger partial charge in [-0.1, -0.05) is 6.07 Å². The second kappa shape index (κ2) is 4.65. The molecule has 7 heteroatoms. The lowest BCUT2D eigenvalue weighted by atomic mass is 10.1. The van der Waals surface area contributed by atoms with Crippen LogP contribution < -0.4 is 4.74 Å². The average molecular weight is 231 g/mol. The summed E-state index contributed by atoms with van der Waals surface area (Å²) in [5.74, 6) is -1.21. The number of para-hydroxylation sites is 1. The van der Waals surface area contributed by atoms with Gasteiger partial charge in [0.2, 0.25) is 5.75 Å². The number of halogens is 2. The van der Waals surface area contributed by atoms with Gasteiger partial charge in [-0.05, 0) is 19.1 Å². The first kappa shape index (κ1) is 12.0. The molecule has 16 heavy (non-hydrogen) atoms. The fourth-order valence-electron chi connectivity index (χ4n) is 1.19. The van der Waals surface area contributed by atoms with Gasteiger partial charge in [0.15, 0.2) is 5.78 Å². The molecule has 1 rings (SSSR count). The lowest BCUT2D eigenvalue weighted by molar-refractivity contribution is -0.386. The second-order valence-corrected chi connectivity index (χ2v) is 2.84. The van der Waals surface area contributed by atoms with Crippen LogP contribution in [0.25, 0.3) is 0 Å². The maximum Gasteiger partial charge on any atom is 0.387 e. The number of nitro groups is 1. The molecule has 0 saturated heterocycles. The smallest absolute Gasteiger partial charge is 0.387 e. The van der Waals surface area contributed by atoms with Gasteiger partial charge in [-0.3, -0.25) is 14.9 Å². The van der Waals surface area contributed by atoms with Crippen molar-refractivity contribution in [1.29, 1.82) is 0 Å². The van der Waals surface area contributed by atoms with Crippen LogP contribution in [0.5, 0.6) is 5.75 Å². The van der Waals surface area contributed by atoms with E-state index in [1.54, 1.807) is 0 Å². The lowest BCUT2D eigenvalue weighted by Gasteiger charge is -2.06. The number of nitro benzene ring substituents is 1.